The second kappa shape index (κ2) is 10.2. The number of hydrogen-bond acceptors (Lipinski definition) is 6. The number of rotatable bonds is 9. The van der Waals surface area contributed by atoms with Gasteiger partial charge in [-0.1, -0.05) is 42.5 Å². The van der Waals surface area contributed by atoms with E-state index in [4.69, 9.17) is 4.74 Å². The van der Waals surface area contributed by atoms with Gasteiger partial charge in [-0.3, -0.25) is 14.9 Å². The maximum absolute atomic E-state index is 12.8. The number of carbonyl (C=O) groups is 1. The molecule has 0 unspecified atom stereocenters. The van der Waals surface area contributed by atoms with Gasteiger partial charge in [-0.2, -0.15) is 4.31 Å². The zero-order chi connectivity index (χ0) is 24.0. The number of nitrogens with one attached hydrogen (secondary N) is 1. The lowest BCUT2D eigenvalue weighted by atomic mass is 10.2. The third kappa shape index (κ3) is 5.93. The van der Waals surface area contributed by atoms with Crippen LogP contribution in [0.1, 0.15) is 12.5 Å². The van der Waals surface area contributed by atoms with Gasteiger partial charge in [-0.25, -0.2) is 8.42 Å². The first-order valence-corrected chi connectivity index (χ1v) is 11.4. The van der Waals surface area contributed by atoms with E-state index in [1.165, 1.54) is 60.7 Å². The fraction of sp³-hybridized carbons (Fsp3) is 0.174. The highest BCUT2D eigenvalue weighted by Crippen LogP contribution is 2.27. The quantitative estimate of drug-likeness (QED) is 0.376. The normalized spacial score (nSPS) is 12.2. The second-order valence-corrected chi connectivity index (χ2v) is 9.29. The molecule has 1 amide bonds. The van der Waals surface area contributed by atoms with Crippen LogP contribution in [0.4, 0.5) is 11.4 Å². The Balaban J connectivity index is 1.65. The first-order valence-electron chi connectivity index (χ1n) is 10.00. The van der Waals surface area contributed by atoms with Crippen LogP contribution < -0.4 is 10.1 Å². The summed E-state index contributed by atoms with van der Waals surface area (Å²) < 4.78 is 32.4. The van der Waals surface area contributed by atoms with Crippen LogP contribution in [0.2, 0.25) is 0 Å². The first-order chi connectivity index (χ1) is 15.7. The summed E-state index contributed by atoms with van der Waals surface area (Å²) in [5.74, 6) is -0.557. The molecule has 0 saturated carbocycles. The Morgan fingerprint density at radius 3 is 2.27 bits per heavy atom. The van der Waals surface area contributed by atoms with Crippen molar-refractivity contribution in [2.75, 3.05) is 12.4 Å². The van der Waals surface area contributed by atoms with Crippen LogP contribution in [0.25, 0.3) is 0 Å². The number of carbonyl (C=O) groups excluding carboxylic acids is 1. The van der Waals surface area contributed by atoms with Crippen LogP contribution in [0.15, 0.2) is 83.8 Å². The largest absolute Gasteiger partial charge is 0.474 e. The molecule has 0 aliphatic rings. The van der Waals surface area contributed by atoms with E-state index in [9.17, 15) is 23.3 Å². The monoisotopic (exact) mass is 469 g/mol. The summed E-state index contributed by atoms with van der Waals surface area (Å²) in [4.78, 5) is 23.1. The molecular weight excluding hydrogens is 446 g/mol. The summed E-state index contributed by atoms with van der Waals surface area (Å²) >= 11 is 0. The fourth-order valence-corrected chi connectivity index (χ4v) is 4.17. The summed E-state index contributed by atoms with van der Waals surface area (Å²) in [6.45, 7) is 1.69. The topological polar surface area (TPSA) is 119 Å². The smallest absolute Gasteiger partial charge is 0.310 e. The van der Waals surface area contributed by atoms with Crippen molar-refractivity contribution in [1.82, 2.24) is 4.31 Å². The lowest BCUT2D eigenvalue weighted by Gasteiger charge is -2.18. The molecule has 3 aromatic carbocycles. The minimum atomic E-state index is -3.72. The highest BCUT2D eigenvalue weighted by Gasteiger charge is 2.23. The molecule has 0 radical (unpaired) electrons. The minimum absolute atomic E-state index is 0.0203. The Morgan fingerprint density at radius 1 is 1.03 bits per heavy atom. The van der Waals surface area contributed by atoms with Gasteiger partial charge in [0.1, 0.15) is 0 Å². The lowest BCUT2D eigenvalue weighted by molar-refractivity contribution is -0.386. The number of para-hydroxylation sites is 2. The molecule has 0 bridgehead atoms. The lowest BCUT2D eigenvalue weighted by Crippen LogP contribution is -2.30. The number of anilines is 1. The molecule has 0 spiro atoms. The van der Waals surface area contributed by atoms with Crippen molar-refractivity contribution in [3.05, 3.63) is 94.5 Å². The molecule has 1 N–H and O–H groups in total. The standard InChI is InChI=1S/C23H23N3O6S/c1-17(32-22-11-7-6-10-21(22)26(28)29)23(27)24-19-12-14-20(15-13-19)33(30,31)25(2)16-18-8-4-3-5-9-18/h3-15,17H,16H2,1-2H3,(H,24,27)/t17-/m1/s1. The van der Waals surface area contributed by atoms with Crippen LogP contribution in [-0.4, -0.2) is 36.7 Å². The highest BCUT2D eigenvalue weighted by molar-refractivity contribution is 7.89. The summed E-state index contributed by atoms with van der Waals surface area (Å²) in [5, 5.41) is 13.7. The van der Waals surface area contributed by atoms with E-state index in [0.29, 0.717) is 5.69 Å². The van der Waals surface area contributed by atoms with Gasteiger partial charge in [0.05, 0.1) is 9.82 Å². The molecule has 0 aliphatic heterocycles. The summed E-state index contributed by atoms with van der Waals surface area (Å²) in [7, 11) is -2.22. The predicted octanol–water partition coefficient (Wildman–Crippen LogP) is 3.82. The molecule has 0 fully saturated rings. The van der Waals surface area contributed by atoms with Gasteiger partial charge in [-0.05, 0) is 42.8 Å². The van der Waals surface area contributed by atoms with E-state index in [1.807, 2.05) is 30.3 Å². The molecule has 0 saturated heterocycles. The molecule has 0 heterocycles. The van der Waals surface area contributed by atoms with Crippen molar-refractivity contribution in [3.63, 3.8) is 0 Å². The number of nitro benzene ring substituents is 1. The van der Waals surface area contributed by atoms with Crippen molar-refractivity contribution in [2.45, 2.75) is 24.5 Å². The van der Waals surface area contributed by atoms with Crippen LogP contribution in [-0.2, 0) is 21.4 Å². The number of sulfonamides is 1. The average Bonchev–Trinajstić information content (AvgIpc) is 2.80. The Labute approximate surface area is 191 Å². The zero-order valence-electron chi connectivity index (χ0n) is 18.0. The predicted molar refractivity (Wildman–Crippen MR) is 123 cm³/mol. The summed E-state index contributed by atoms with van der Waals surface area (Å²) in [6.07, 6.45) is -1.02. The van der Waals surface area contributed by atoms with Crippen molar-refractivity contribution in [1.29, 1.82) is 0 Å². The minimum Gasteiger partial charge on any atom is -0.474 e. The SMILES string of the molecule is C[C@@H](Oc1ccccc1[N+](=O)[O-])C(=O)Nc1ccc(S(=O)(=O)N(C)Cc2ccccc2)cc1. The average molecular weight is 470 g/mol. The van der Waals surface area contributed by atoms with E-state index >= 15 is 0 Å². The van der Waals surface area contributed by atoms with Crippen molar-refractivity contribution < 1.29 is 22.9 Å². The van der Waals surface area contributed by atoms with Crippen LogP contribution >= 0.6 is 0 Å². The second-order valence-electron chi connectivity index (χ2n) is 7.25. The number of benzene rings is 3. The van der Waals surface area contributed by atoms with Gasteiger partial charge in [-0.15, -0.1) is 0 Å². The molecule has 3 rings (SSSR count). The van der Waals surface area contributed by atoms with Crippen LogP contribution in [0.3, 0.4) is 0 Å². The van der Waals surface area contributed by atoms with Gasteiger partial charge in [0, 0.05) is 25.3 Å². The van der Waals surface area contributed by atoms with Gasteiger partial charge >= 0.3 is 5.69 Å². The summed E-state index contributed by atoms with van der Waals surface area (Å²) in [5.41, 5.74) is 0.981. The molecule has 1 atom stereocenters. The third-order valence-electron chi connectivity index (χ3n) is 4.81. The molecule has 172 valence electrons. The van der Waals surface area contributed by atoms with Crippen molar-refractivity contribution in [3.8, 4) is 5.75 Å². The van der Waals surface area contributed by atoms with Crippen molar-refractivity contribution >= 4 is 27.3 Å². The number of hydrogen-bond donors (Lipinski definition) is 1. The van der Waals surface area contributed by atoms with E-state index in [2.05, 4.69) is 5.32 Å². The molecule has 10 heteroatoms. The zero-order valence-corrected chi connectivity index (χ0v) is 18.9. The van der Waals surface area contributed by atoms with Crippen LogP contribution in [0.5, 0.6) is 5.75 Å². The maximum atomic E-state index is 12.8. The van der Waals surface area contributed by atoms with Gasteiger partial charge in [0.2, 0.25) is 10.0 Å². The first kappa shape index (κ1) is 23.9. The fourth-order valence-electron chi connectivity index (χ4n) is 3.01. The third-order valence-corrected chi connectivity index (χ3v) is 6.63. The number of ether oxygens (including phenoxy) is 1. The Morgan fingerprint density at radius 2 is 1.64 bits per heavy atom. The molecule has 9 nitrogen and oxygen atoms in total. The molecular formula is C23H23N3O6S. The Hall–Kier alpha value is -3.76. The number of amides is 1. The molecule has 33 heavy (non-hydrogen) atoms. The number of nitro groups is 1. The molecule has 0 aliphatic carbocycles. The van der Waals surface area contributed by atoms with E-state index in [-0.39, 0.29) is 22.9 Å². The Kier molecular flexibility index (Phi) is 7.41. The molecule has 0 aromatic heterocycles. The van der Waals surface area contributed by atoms with Crippen molar-refractivity contribution in [2.24, 2.45) is 0 Å². The molecule has 3 aromatic rings. The maximum Gasteiger partial charge on any atom is 0.310 e. The highest BCUT2D eigenvalue weighted by atomic mass is 32.2. The van der Waals surface area contributed by atoms with E-state index < -0.39 is 27.0 Å². The van der Waals surface area contributed by atoms with Gasteiger partial charge in [0.15, 0.2) is 11.9 Å². The summed E-state index contributed by atoms with van der Waals surface area (Å²) in [6, 6.07) is 20.7. The Bertz CT molecular complexity index is 1230. The van der Waals surface area contributed by atoms with Gasteiger partial charge in [0.25, 0.3) is 5.91 Å². The van der Waals surface area contributed by atoms with E-state index in [0.717, 1.165) is 5.56 Å². The van der Waals surface area contributed by atoms with E-state index in [1.54, 1.807) is 6.07 Å². The number of nitrogens with zero attached hydrogens (tertiary/aromatic N) is 2. The van der Waals surface area contributed by atoms with Crippen LogP contribution in [0, 0.1) is 10.1 Å². The van der Waals surface area contributed by atoms with Gasteiger partial charge < -0.3 is 10.1 Å².